The Hall–Kier alpha value is -2.14. The van der Waals surface area contributed by atoms with Crippen molar-refractivity contribution >= 4 is 34.3 Å². The molecule has 3 rings (SSSR count). The standard InChI is InChI=1S/C12H8ClN3O2/c1-18-12(17)7-4-5-9-11(14-7)15-10(13)8-3-2-6-16(8)9/h2-6H,1H3. The summed E-state index contributed by atoms with van der Waals surface area (Å²) >= 11 is 6.06. The lowest BCUT2D eigenvalue weighted by atomic mass is 10.3. The Bertz CT molecular complexity index is 766. The number of rotatable bonds is 1. The van der Waals surface area contributed by atoms with E-state index in [4.69, 9.17) is 11.6 Å². The fourth-order valence-corrected chi connectivity index (χ4v) is 2.07. The van der Waals surface area contributed by atoms with Crippen LogP contribution < -0.4 is 0 Å². The first-order valence-corrected chi connectivity index (χ1v) is 5.60. The molecule has 0 N–H and O–H groups in total. The van der Waals surface area contributed by atoms with E-state index < -0.39 is 5.97 Å². The molecule has 6 heteroatoms. The van der Waals surface area contributed by atoms with Crippen LogP contribution in [0.1, 0.15) is 10.5 Å². The molecule has 0 spiro atoms. The van der Waals surface area contributed by atoms with Gasteiger partial charge in [0, 0.05) is 6.20 Å². The molecule has 90 valence electrons. The van der Waals surface area contributed by atoms with Gasteiger partial charge in [0.05, 0.1) is 18.1 Å². The zero-order chi connectivity index (χ0) is 12.7. The highest BCUT2D eigenvalue weighted by Crippen LogP contribution is 2.21. The number of methoxy groups -OCH3 is 1. The van der Waals surface area contributed by atoms with E-state index in [1.54, 1.807) is 12.1 Å². The molecule has 0 radical (unpaired) electrons. The van der Waals surface area contributed by atoms with Crippen LogP contribution >= 0.6 is 11.6 Å². The number of aromatic nitrogens is 3. The molecular weight excluding hydrogens is 254 g/mol. The second kappa shape index (κ2) is 3.96. The van der Waals surface area contributed by atoms with Gasteiger partial charge in [0.15, 0.2) is 16.5 Å². The highest BCUT2D eigenvalue weighted by atomic mass is 35.5. The lowest BCUT2D eigenvalue weighted by molar-refractivity contribution is 0.0594. The van der Waals surface area contributed by atoms with Crippen molar-refractivity contribution in [3.8, 4) is 0 Å². The van der Waals surface area contributed by atoms with Gasteiger partial charge in [-0.2, -0.15) is 0 Å². The van der Waals surface area contributed by atoms with Crippen LogP contribution in [0.2, 0.25) is 5.15 Å². The summed E-state index contributed by atoms with van der Waals surface area (Å²) in [6.45, 7) is 0. The summed E-state index contributed by atoms with van der Waals surface area (Å²) in [6.07, 6.45) is 1.87. The molecule has 0 bridgehead atoms. The molecule has 3 aromatic heterocycles. The van der Waals surface area contributed by atoms with Crippen LogP contribution in [-0.4, -0.2) is 27.4 Å². The summed E-state index contributed by atoms with van der Waals surface area (Å²) in [4.78, 5) is 19.7. The Kier molecular flexibility index (Phi) is 2.41. The van der Waals surface area contributed by atoms with E-state index in [1.165, 1.54) is 7.11 Å². The van der Waals surface area contributed by atoms with E-state index in [0.29, 0.717) is 10.8 Å². The second-order valence-electron chi connectivity index (χ2n) is 3.70. The zero-order valence-electron chi connectivity index (χ0n) is 9.42. The third-order valence-electron chi connectivity index (χ3n) is 2.67. The molecule has 0 aliphatic heterocycles. The fourth-order valence-electron chi connectivity index (χ4n) is 1.84. The predicted octanol–water partition coefficient (Wildman–Crippen LogP) is 2.32. The van der Waals surface area contributed by atoms with Crippen molar-refractivity contribution in [1.82, 2.24) is 14.4 Å². The van der Waals surface area contributed by atoms with E-state index in [-0.39, 0.29) is 5.69 Å². The first kappa shape index (κ1) is 11.0. The number of fused-ring (bicyclic) bond motifs is 3. The maximum absolute atomic E-state index is 11.4. The van der Waals surface area contributed by atoms with Crippen molar-refractivity contribution in [1.29, 1.82) is 0 Å². The van der Waals surface area contributed by atoms with Crippen LogP contribution in [0.15, 0.2) is 30.5 Å². The third-order valence-corrected chi connectivity index (χ3v) is 2.95. The first-order chi connectivity index (χ1) is 8.70. The molecule has 0 fully saturated rings. The Morgan fingerprint density at radius 3 is 2.89 bits per heavy atom. The van der Waals surface area contributed by atoms with Crippen LogP contribution in [0.25, 0.3) is 16.7 Å². The highest BCUT2D eigenvalue weighted by Gasteiger charge is 2.11. The summed E-state index contributed by atoms with van der Waals surface area (Å²) in [5, 5.41) is 0.349. The van der Waals surface area contributed by atoms with Gasteiger partial charge < -0.3 is 9.14 Å². The quantitative estimate of drug-likeness (QED) is 0.631. The van der Waals surface area contributed by atoms with Crippen LogP contribution in [0.4, 0.5) is 0 Å². The molecule has 0 amide bonds. The van der Waals surface area contributed by atoms with Gasteiger partial charge >= 0.3 is 5.97 Å². The Morgan fingerprint density at radius 2 is 2.11 bits per heavy atom. The fraction of sp³-hybridized carbons (Fsp3) is 0.0833. The van der Waals surface area contributed by atoms with E-state index >= 15 is 0 Å². The highest BCUT2D eigenvalue weighted by molar-refractivity contribution is 6.33. The number of carbonyl (C=O) groups is 1. The number of esters is 1. The average Bonchev–Trinajstić information content (AvgIpc) is 2.87. The number of carbonyl (C=O) groups excluding carboxylic acids is 1. The Labute approximate surface area is 107 Å². The lowest BCUT2D eigenvalue weighted by Gasteiger charge is -2.05. The topological polar surface area (TPSA) is 56.5 Å². The van der Waals surface area contributed by atoms with Crippen molar-refractivity contribution in [2.75, 3.05) is 7.11 Å². The summed E-state index contributed by atoms with van der Waals surface area (Å²) in [7, 11) is 1.31. The van der Waals surface area contributed by atoms with E-state index in [2.05, 4.69) is 14.7 Å². The number of hydrogen-bond acceptors (Lipinski definition) is 4. The van der Waals surface area contributed by atoms with Gasteiger partial charge in [0.25, 0.3) is 0 Å². The molecule has 5 nitrogen and oxygen atoms in total. The molecule has 0 aromatic carbocycles. The minimum atomic E-state index is -0.498. The molecule has 0 saturated carbocycles. The summed E-state index contributed by atoms with van der Waals surface area (Å²) in [5.41, 5.74) is 2.20. The normalized spacial score (nSPS) is 11.0. The average molecular weight is 262 g/mol. The molecule has 0 aliphatic carbocycles. The third kappa shape index (κ3) is 1.52. The van der Waals surface area contributed by atoms with Crippen molar-refractivity contribution in [2.45, 2.75) is 0 Å². The van der Waals surface area contributed by atoms with Gasteiger partial charge in [0.1, 0.15) is 0 Å². The van der Waals surface area contributed by atoms with Crippen molar-refractivity contribution in [3.05, 3.63) is 41.3 Å². The van der Waals surface area contributed by atoms with Gasteiger partial charge in [-0.05, 0) is 24.3 Å². The SMILES string of the molecule is COC(=O)c1ccc2c(n1)nc(Cl)c1cccn12. The minimum absolute atomic E-state index is 0.208. The van der Waals surface area contributed by atoms with Gasteiger partial charge in [-0.25, -0.2) is 14.8 Å². The van der Waals surface area contributed by atoms with Gasteiger partial charge in [-0.15, -0.1) is 0 Å². The summed E-state index contributed by atoms with van der Waals surface area (Å²) in [6, 6.07) is 7.10. The number of nitrogens with zero attached hydrogens (tertiary/aromatic N) is 3. The lowest BCUT2D eigenvalue weighted by Crippen LogP contribution is -2.05. The summed E-state index contributed by atoms with van der Waals surface area (Å²) < 4.78 is 6.49. The van der Waals surface area contributed by atoms with Crippen molar-refractivity contribution in [3.63, 3.8) is 0 Å². The maximum atomic E-state index is 11.4. The molecule has 0 aliphatic rings. The molecule has 0 atom stereocenters. The predicted molar refractivity (Wildman–Crippen MR) is 66.8 cm³/mol. The van der Waals surface area contributed by atoms with E-state index in [0.717, 1.165) is 11.0 Å². The molecule has 0 saturated heterocycles. The van der Waals surface area contributed by atoms with E-state index in [1.807, 2.05) is 22.7 Å². The zero-order valence-corrected chi connectivity index (χ0v) is 10.2. The second-order valence-corrected chi connectivity index (χ2v) is 4.05. The Morgan fingerprint density at radius 1 is 1.28 bits per heavy atom. The minimum Gasteiger partial charge on any atom is -0.464 e. The first-order valence-electron chi connectivity index (χ1n) is 5.22. The van der Waals surface area contributed by atoms with Crippen molar-refractivity contribution < 1.29 is 9.53 Å². The van der Waals surface area contributed by atoms with Gasteiger partial charge in [-0.1, -0.05) is 11.6 Å². The smallest absolute Gasteiger partial charge is 0.356 e. The maximum Gasteiger partial charge on any atom is 0.356 e. The van der Waals surface area contributed by atoms with Gasteiger partial charge in [0.2, 0.25) is 0 Å². The number of ether oxygens (including phenoxy) is 1. The van der Waals surface area contributed by atoms with Crippen LogP contribution in [0, 0.1) is 0 Å². The largest absolute Gasteiger partial charge is 0.464 e. The van der Waals surface area contributed by atoms with Crippen LogP contribution in [0.5, 0.6) is 0 Å². The van der Waals surface area contributed by atoms with Crippen LogP contribution in [0.3, 0.4) is 0 Å². The molecule has 0 unspecified atom stereocenters. The molecule has 3 heterocycles. The Balaban J connectivity index is 2.35. The molecule has 3 aromatic rings. The van der Waals surface area contributed by atoms with E-state index in [9.17, 15) is 4.79 Å². The van der Waals surface area contributed by atoms with Crippen molar-refractivity contribution in [2.24, 2.45) is 0 Å². The molecular formula is C12H8ClN3O2. The molecule has 18 heavy (non-hydrogen) atoms. The van der Waals surface area contributed by atoms with Gasteiger partial charge in [-0.3, -0.25) is 0 Å². The number of hydrogen-bond donors (Lipinski definition) is 0. The monoisotopic (exact) mass is 261 g/mol. The number of halogens is 1. The number of pyridine rings is 1. The summed E-state index contributed by atoms with van der Waals surface area (Å²) in [5.74, 6) is -0.498. The van der Waals surface area contributed by atoms with Crippen LogP contribution in [-0.2, 0) is 4.74 Å².